The third-order valence-corrected chi connectivity index (χ3v) is 4.06. The molecule has 0 aliphatic rings. The molecular formula is C14H15Si. The molecule has 0 amide bonds. The van der Waals surface area contributed by atoms with Crippen molar-refractivity contribution in [1.82, 2.24) is 0 Å². The fraction of sp³-hybridized carbons (Fsp3) is 0.143. The van der Waals surface area contributed by atoms with Crippen molar-refractivity contribution < 1.29 is 0 Å². The van der Waals surface area contributed by atoms with Crippen molar-refractivity contribution in [3.63, 3.8) is 0 Å². The Hall–Kier alpha value is -1.34. The van der Waals surface area contributed by atoms with Crippen molar-refractivity contribution >= 4 is 14.0 Å². The van der Waals surface area contributed by atoms with E-state index in [-0.39, 0.29) is 8.80 Å². The Morgan fingerprint density at radius 3 is 2.00 bits per heavy atom. The van der Waals surface area contributed by atoms with Crippen LogP contribution in [-0.2, 0) is 0 Å². The number of hydrogen-bond acceptors (Lipinski definition) is 0. The summed E-state index contributed by atoms with van der Waals surface area (Å²) in [6.07, 6.45) is 0. The second kappa shape index (κ2) is 4.45. The molecule has 0 N–H and O–H groups in total. The van der Waals surface area contributed by atoms with Gasteiger partial charge in [-0.3, -0.25) is 0 Å². The highest BCUT2D eigenvalue weighted by molar-refractivity contribution is 6.72. The van der Waals surface area contributed by atoms with Crippen molar-refractivity contribution in [3.05, 3.63) is 54.6 Å². The van der Waals surface area contributed by atoms with Crippen LogP contribution in [0.1, 0.15) is 0 Å². The maximum Gasteiger partial charge on any atom is 0.0799 e. The predicted octanol–water partition coefficient (Wildman–Crippen LogP) is 3.32. The van der Waals surface area contributed by atoms with Crippen LogP contribution in [0, 0.1) is 0 Å². The molecule has 0 aromatic heterocycles. The van der Waals surface area contributed by atoms with Gasteiger partial charge in [0.25, 0.3) is 0 Å². The van der Waals surface area contributed by atoms with Crippen LogP contribution in [0.3, 0.4) is 0 Å². The first kappa shape index (κ1) is 10.2. The third kappa shape index (κ3) is 2.18. The van der Waals surface area contributed by atoms with E-state index in [1.54, 1.807) is 0 Å². The van der Waals surface area contributed by atoms with Gasteiger partial charge in [0.15, 0.2) is 0 Å². The van der Waals surface area contributed by atoms with Crippen molar-refractivity contribution in [2.45, 2.75) is 13.1 Å². The highest BCUT2D eigenvalue weighted by Gasteiger charge is 2.07. The molecule has 0 atom stereocenters. The summed E-state index contributed by atoms with van der Waals surface area (Å²) >= 11 is 0. The molecular weight excluding hydrogens is 196 g/mol. The highest BCUT2D eigenvalue weighted by Crippen LogP contribution is 2.16. The Morgan fingerprint density at radius 1 is 0.733 bits per heavy atom. The zero-order valence-electron chi connectivity index (χ0n) is 9.20. The van der Waals surface area contributed by atoms with Crippen LogP contribution in [0.25, 0.3) is 11.1 Å². The largest absolute Gasteiger partial charge is 0.0799 e. The van der Waals surface area contributed by atoms with Crippen LogP contribution >= 0.6 is 0 Å². The average molecular weight is 211 g/mol. The van der Waals surface area contributed by atoms with Gasteiger partial charge in [-0.25, -0.2) is 0 Å². The summed E-state index contributed by atoms with van der Waals surface area (Å²) in [5.74, 6) is 0. The van der Waals surface area contributed by atoms with E-state index in [0.717, 1.165) is 0 Å². The Morgan fingerprint density at radius 2 is 1.33 bits per heavy atom. The van der Waals surface area contributed by atoms with Gasteiger partial charge in [-0.05, 0) is 11.1 Å². The molecule has 0 unspecified atom stereocenters. The minimum absolute atomic E-state index is 0.389. The SMILES string of the molecule is C[Si](C)c1ccccc1-c1ccccc1. The molecule has 0 saturated heterocycles. The number of benzene rings is 2. The lowest BCUT2D eigenvalue weighted by molar-refractivity contribution is 1.64. The van der Waals surface area contributed by atoms with Crippen molar-refractivity contribution in [3.8, 4) is 11.1 Å². The maximum atomic E-state index is 2.34. The van der Waals surface area contributed by atoms with Gasteiger partial charge < -0.3 is 0 Å². The van der Waals surface area contributed by atoms with E-state index in [9.17, 15) is 0 Å². The Bertz CT molecular complexity index is 432. The van der Waals surface area contributed by atoms with Gasteiger partial charge in [0.2, 0.25) is 0 Å². The van der Waals surface area contributed by atoms with Gasteiger partial charge in [-0.2, -0.15) is 0 Å². The molecule has 0 saturated carbocycles. The minimum Gasteiger partial charge on any atom is -0.0671 e. The standard InChI is InChI=1S/C14H15Si/c1-15(2)14-11-7-6-10-13(14)12-8-4-3-5-9-12/h3-11H,1-2H3. The van der Waals surface area contributed by atoms with Gasteiger partial charge in [0.1, 0.15) is 0 Å². The molecule has 0 heterocycles. The topological polar surface area (TPSA) is 0 Å². The number of rotatable bonds is 2. The quantitative estimate of drug-likeness (QED) is 0.669. The normalized spacial score (nSPS) is 10.6. The van der Waals surface area contributed by atoms with Gasteiger partial charge in [-0.1, -0.05) is 72.9 Å². The molecule has 2 aromatic rings. The molecule has 2 aromatic carbocycles. The Balaban J connectivity index is 2.53. The molecule has 0 bridgehead atoms. The van der Waals surface area contributed by atoms with E-state index in [1.165, 1.54) is 16.3 Å². The fourth-order valence-electron chi connectivity index (χ4n) is 1.79. The summed E-state index contributed by atoms with van der Waals surface area (Å²) in [6, 6.07) is 19.4. The number of hydrogen-bond donors (Lipinski definition) is 0. The monoisotopic (exact) mass is 211 g/mol. The fourth-order valence-corrected chi connectivity index (χ4v) is 2.98. The van der Waals surface area contributed by atoms with E-state index in [1.807, 2.05) is 0 Å². The first-order valence-corrected chi connectivity index (χ1v) is 7.74. The summed E-state index contributed by atoms with van der Waals surface area (Å²) in [5, 5.41) is 1.52. The molecule has 0 fully saturated rings. The van der Waals surface area contributed by atoms with E-state index in [4.69, 9.17) is 0 Å². The summed E-state index contributed by atoms with van der Waals surface area (Å²) < 4.78 is 0. The lowest BCUT2D eigenvalue weighted by Gasteiger charge is -2.11. The second-order valence-corrected chi connectivity index (χ2v) is 6.45. The maximum absolute atomic E-state index is 2.34. The minimum atomic E-state index is -0.389. The van der Waals surface area contributed by atoms with E-state index < -0.39 is 0 Å². The lowest BCUT2D eigenvalue weighted by atomic mass is 10.1. The van der Waals surface area contributed by atoms with Gasteiger partial charge >= 0.3 is 0 Å². The first-order chi connectivity index (χ1) is 7.29. The average Bonchev–Trinajstić information content (AvgIpc) is 2.30. The third-order valence-electron chi connectivity index (χ3n) is 2.55. The van der Waals surface area contributed by atoms with Gasteiger partial charge in [0.05, 0.1) is 8.80 Å². The van der Waals surface area contributed by atoms with Crippen LogP contribution < -0.4 is 5.19 Å². The van der Waals surface area contributed by atoms with E-state index in [2.05, 4.69) is 67.7 Å². The molecule has 1 radical (unpaired) electrons. The van der Waals surface area contributed by atoms with Crippen LogP contribution in [0.5, 0.6) is 0 Å². The smallest absolute Gasteiger partial charge is 0.0671 e. The molecule has 1 heteroatoms. The molecule has 0 aliphatic heterocycles. The molecule has 15 heavy (non-hydrogen) atoms. The van der Waals surface area contributed by atoms with E-state index in [0.29, 0.717) is 0 Å². The summed E-state index contributed by atoms with van der Waals surface area (Å²) in [6.45, 7) is 4.68. The molecule has 0 aliphatic carbocycles. The van der Waals surface area contributed by atoms with Crippen LogP contribution in [0.4, 0.5) is 0 Å². The van der Waals surface area contributed by atoms with Gasteiger partial charge in [0, 0.05) is 0 Å². The lowest BCUT2D eigenvalue weighted by Crippen LogP contribution is -2.24. The Kier molecular flexibility index (Phi) is 3.02. The van der Waals surface area contributed by atoms with E-state index >= 15 is 0 Å². The van der Waals surface area contributed by atoms with Crippen LogP contribution in [0.15, 0.2) is 54.6 Å². The molecule has 0 nitrogen and oxygen atoms in total. The predicted molar refractivity (Wildman–Crippen MR) is 69.0 cm³/mol. The molecule has 75 valence electrons. The summed E-state index contributed by atoms with van der Waals surface area (Å²) in [4.78, 5) is 0. The molecule has 2 rings (SSSR count). The van der Waals surface area contributed by atoms with Crippen LogP contribution in [0.2, 0.25) is 13.1 Å². The molecule has 0 spiro atoms. The first-order valence-electron chi connectivity index (χ1n) is 5.24. The summed E-state index contributed by atoms with van der Waals surface area (Å²) in [5.41, 5.74) is 2.73. The zero-order valence-corrected chi connectivity index (χ0v) is 10.2. The second-order valence-electron chi connectivity index (χ2n) is 3.91. The van der Waals surface area contributed by atoms with Crippen LogP contribution in [-0.4, -0.2) is 8.80 Å². The van der Waals surface area contributed by atoms with Crippen molar-refractivity contribution in [2.75, 3.05) is 0 Å². The Labute approximate surface area is 93.2 Å². The highest BCUT2D eigenvalue weighted by atomic mass is 28.3. The summed E-state index contributed by atoms with van der Waals surface area (Å²) in [7, 11) is -0.389. The van der Waals surface area contributed by atoms with Crippen molar-refractivity contribution in [1.29, 1.82) is 0 Å². The van der Waals surface area contributed by atoms with Crippen molar-refractivity contribution in [2.24, 2.45) is 0 Å². The zero-order chi connectivity index (χ0) is 10.7. The van der Waals surface area contributed by atoms with Gasteiger partial charge in [-0.15, -0.1) is 0 Å².